The van der Waals surface area contributed by atoms with E-state index in [4.69, 9.17) is 34.7 Å². The van der Waals surface area contributed by atoms with E-state index in [9.17, 15) is 120 Å². The van der Waals surface area contributed by atoms with E-state index in [-0.39, 0.29) is 85.1 Å². The maximum atomic E-state index is 13.9. The number of aryl methyl sites for hydroxylation is 3. The van der Waals surface area contributed by atoms with Crippen LogP contribution in [0.5, 0.6) is 0 Å². The molecule has 8 aromatic rings. The Morgan fingerprint density at radius 2 is 0.813 bits per heavy atom. The van der Waals surface area contributed by atoms with Crippen LogP contribution in [0.2, 0.25) is 10.0 Å². The number of nitrogens with one attached hydrogen (secondary N) is 8. The minimum atomic E-state index is -4.79. The van der Waals surface area contributed by atoms with Gasteiger partial charge in [0.2, 0.25) is 17.7 Å². The SMILES string of the molecule is Cc1c(C(=O)C(=O)NC2(C(F)(F)F)COC2)c2n(c1C(=O)Nc1ccnc(C(C)F)c1)[C@@H]1C[C@@H]1C2.Cc1ccc(NC(=O)c2c(C)c(C(=O)C(=O)NC3(C(=O)N(C)C)CC(F)(F)C3)c3n2CCC3)cc1Cl.Cc1ccc(NC(=O)c2c(C)c(C(=O)C(=O)NC3(C(N)=O)CC(F)(F)C3)c3n2CCC3)cc1Cl.Cc1ccc(NC(=O)c2c(C)c(C(=O)C(=O)NC3(C(N)=O)CC(F)(F)C3)c3n2CCC3)cc1F. The molecule has 5 fully saturated rings. The summed E-state index contributed by atoms with van der Waals surface area (Å²) in [4.78, 5) is 197. The first-order chi connectivity index (χ1) is 64.9. The van der Waals surface area contributed by atoms with E-state index < -0.39 is 198 Å². The molecule has 12 N–H and O–H groups in total. The number of likely N-dealkylation sites (N-methyl/N-ethyl adjacent to an activating group) is 1. The van der Waals surface area contributed by atoms with Crippen molar-refractivity contribution in [2.24, 2.45) is 17.4 Å². The van der Waals surface area contributed by atoms with Gasteiger partial charge in [0.05, 0.1) is 41.2 Å². The molecule has 3 aromatic carbocycles. The second kappa shape index (κ2) is 37.4. The number of aromatic nitrogens is 5. The molecule has 5 aromatic heterocycles. The summed E-state index contributed by atoms with van der Waals surface area (Å²) in [6.07, 6.45) is -5.90. The van der Waals surface area contributed by atoms with Crippen molar-refractivity contribution in [3.05, 3.63) is 201 Å². The van der Waals surface area contributed by atoms with Crippen LogP contribution in [0.3, 0.4) is 0 Å². The largest absolute Gasteiger partial charge is 0.416 e. The Bertz CT molecular complexity index is 6390. The van der Waals surface area contributed by atoms with Gasteiger partial charge in [0, 0.05) is 140 Å². The van der Waals surface area contributed by atoms with Gasteiger partial charge in [-0.3, -0.25) is 76.9 Å². The molecular formula is C94H95Cl2F11N16O16. The molecule has 32 nitrogen and oxygen atoms in total. The molecule has 0 radical (unpaired) electrons. The van der Waals surface area contributed by atoms with Gasteiger partial charge in [-0.25, -0.2) is 35.1 Å². The molecule has 1 unspecified atom stereocenters. The number of amides is 11. The molecule has 738 valence electrons. The van der Waals surface area contributed by atoms with Gasteiger partial charge in [-0.05, 0) is 200 Å². The molecule has 3 atom stereocenters. The van der Waals surface area contributed by atoms with Gasteiger partial charge in [0.25, 0.3) is 88.2 Å². The minimum absolute atomic E-state index is 0.0130. The number of ketones is 4. The molecule has 17 rings (SSSR count). The number of hydrogen-bond donors (Lipinski definition) is 10. The van der Waals surface area contributed by atoms with E-state index in [0.29, 0.717) is 126 Å². The highest BCUT2D eigenvalue weighted by Gasteiger charge is 2.66. The zero-order chi connectivity index (χ0) is 102. The molecule has 139 heavy (non-hydrogen) atoms. The number of rotatable bonds is 24. The van der Waals surface area contributed by atoms with Crippen molar-refractivity contribution in [2.45, 2.75) is 223 Å². The zero-order valence-electron chi connectivity index (χ0n) is 76.4. The smallest absolute Gasteiger partial charge is 0.376 e. The van der Waals surface area contributed by atoms with E-state index in [0.717, 1.165) is 22.4 Å². The van der Waals surface area contributed by atoms with E-state index >= 15 is 0 Å². The molecule has 4 aliphatic carbocycles. The third kappa shape index (κ3) is 19.4. The molecule has 5 aliphatic heterocycles. The van der Waals surface area contributed by atoms with Crippen molar-refractivity contribution in [3.8, 4) is 0 Å². The molecular weight excluding hydrogens is 1890 g/mol. The third-order valence-corrected chi connectivity index (χ3v) is 27.4. The van der Waals surface area contributed by atoms with Crippen molar-refractivity contribution in [1.29, 1.82) is 0 Å². The van der Waals surface area contributed by atoms with Gasteiger partial charge in [0.15, 0.2) is 5.54 Å². The summed E-state index contributed by atoms with van der Waals surface area (Å²) in [5.41, 5.74) is 9.54. The van der Waals surface area contributed by atoms with Crippen molar-refractivity contribution < 1.29 is 125 Å². The van der Waals surface area contributed by atoms with Crippen LogP contribution in [0.15, 0.2) is 72.9 Å². The molecule has 4 saturated carbocycles. The Labute approximate surface area is 795 Å². The highest BCUT2D eigenvalue weighted by Crippen LogP contribution is 2.55. The first-order valence-electron chi connectivity index (χ1n) is 44.0. The average Bonchev–Trinajstić information content (AvgIpc) is 1.54. The summed E-state index contributed by atoms with van der Waals surface area (Å²) < 4.78 is 160. The Kier molecular flexibility index (Phi) is 27.3. The standard InChI is InChI=1S/C25H27ClF2N4O4.C23H23ClF2N4O4.C23H22F4N4O4.C23H23F3N4O4/c1-13-7-8-15(10-16(13)26)29-21(34)19-14(2)18(17-6-5-9-32(17)19)20(33)22(35)30-24(23(36)31(3)4)11-25(27,28)12-24;1-11-5-6-13(8-14(11)24)28-19(32)17-12(2)16(15-4-3-7-30(15)17)18(31)20(33)29-22(21(27)34)9-23(25,26)10-22;1-10-17(19(32)21(34)30-22(8-35-9-22)23(25,26)27)16-6-12-5-15(12)31(16)18(10)20(33)29-13-3-4-28-14(7-13)11(2)24;1-11-5-6-13(8-14(11)24)28-19(32)17-12(2)16(15-4-3-7-30(15)17)18(31)20(33)29-22(21(27)34)9-23(25,26)10-22/h7-8,10H,5-6,9,11-12H2,1-4H3,(H,29,34)(H,30,35);5-6,8H,3-4,7,9-10H2,1-2H3,(H2,27,34)(H,28,32)(H,29,33);3-4,7,11-12,15H,5-6,8-9H2,1-2H3,(H,30,34)(H,28,29,33);5-6,8H,3-4,7,9-10H2,1-2H3,(H2,27,34)(H,28,32)(H,29,33)/t;;11?,12-,15-;/m..1./s1. The number of pyridine rings is 1. The molecule has 9 aliphatic rings. The summed E-state index contributed by atoms with van der Waals surface area (Å²) in [7, 11) is 2.79. The van der Waals surface area contributed by atoms with Crippen LogP contribution in [-0.4, -0.2) is 190 Å². The number of hydrogen-bond acceptors (Lipinski definition) is 17. The number of primary amides is 2. The number of alkyl halides is 10. The van der Waals surface area contributed by atoms with Crippen LogP contribution >= 0.6 is 23.2 Å². The van der Waals surface area contributed by atoms with Crippen LogP contribution in [0.4, 0.5) is 71.0 Å². The van der Waals surface area contributed by atoms with E-state index in [1.54, 1.807) is 75.4 Å². The Morgan fingerprint density at radius 3 is 1.15 bits per heavy atom. The lowest BCUT2D eigenvalue weighted by molar-refractivity contribution is -0.265. The number of fused-ring (bicyclic) bond motifs is 6. The summed E-state index contributed by atoms with van der Waals surface area (Å²) in [6, 6.07) is 17.2. The molecule has 10 heterocycles. The van der Waals surface area contributed by atoms with Gasteiger partial charge < -0.3 is 81.9 Å². The van der Waals surface area contributed by atoms with E-state index in [2.05, 4.69) is 46.9 Å². The Hall–Kier alpha value is -13.5. The summed E-state index contributed by atoms with van der Waals surface area (Å²) in [6.45, 7) is 12.5. The summed E-state index contributed by atoms with van der Waals surface area (Å²) in [5.74, 6) is -23.9. The molecule has 45 heteroatoms. The van der Waals surface area contributed by atoms with Gasteiger partial charge in [-0.2, -0.15) is 13.2 Å². The number of nitrogens with zero attached hydrogens (tertiary/aromatic N) is 6. The van der Waals surface area contributed by atoms with Gasteiger partial charge in [0.1, 0.15) is 51.4 Å². The van der Waals surface area contributed by atoms with E-state index in [1.807, 2.05) is 19.2 Å². The second-order valence-corrected chi connectivity index (χ2v) is 37.7. The monoisotopic (exact) mass is 1980 g/mol. The van der Waals surface area contributed by atoms with Crippen molar-refractivity contribution in [1.82, 2.24) is 49.4 Å². The molecule has 1 saturated heterocycles. The topological polar surface area (TPSA) is 449 Å². The molecule has 0 spiro atoms. The van der Waals surface area contributed by atoms with Crippen LogP contribution in [0, 0.1) is 60.2 Å². The lowest BCUT2D eigenvalue weighted by atomic mass is 9.72. The molecule has 0 bridgehead atoms. The van der Waals surface area contributed by atoms with Gasteiger partial charge in [-0.15, -0.1) is 0 Å². The second-order valence-electron chi connectivity index (χ2n) is 36.9. The number of nitrogens with two attached hydrogens (primary N) is 2. The Balaban J connectivity index is 0.000000148. The quantitative estimate of drug-likeness (QED) is 0.0153. The first kappa shape index (κ1) is 101. The number of carbonyl (C=O) groups excluding carboxylic acids is 15. The first-order valence-corrected chi connectivity index (χ1v) is 44.8. The lowest BCUT2D eigenvalue weighted by Crippen LogP contribution is -2.71. The molecule has 11 amide bonds. The average molecular weight is 1980 g/mol. The van der Waals surface area contributed by atoms with Crippen LogP contribution < -0.4 is 54.0 Å². The predicted molar refractivity (Wildman–Crippen MR) is 479 cm³/mol. The highest BCUT2D eigenvalue weighted by molar-refractivity contribution is 6.46. The predicted octanol–water partition coefficient (Wildman–Crippen LogP) is 12.0. The number of anilines is 4. The number of carbonyl (C=O) groups is 15. The summed E-state index contributed by atoms with van der Waals surface area (Å²) >= 11 is 12.3. The normalized spacial score (nSPS) is 18.6. The van der Waals surface area contributed by atoms with Gasteiger partial charge >= 0.3 is 6.18 Å². The van der Waals surface area contributed by atoms with Gasteiger partial charge in [-0.1, -0.05) is 41.4 Å². The van der Waals surface area contributed by atoms with Crippen LogP contribution in [0.25, 0.3) is 0 Å². The van der Waals surface area contributed by atoms with Crippen molar-refractivity contribution >= 4 is 134 Å². The van der Waals surface area contributed by atoms with Crippen molar-refractivity contribution in [3.63, 3.8) is 0 Å². The minimum Gasteiger partial charge on any atom is -0.376 e. The number of benzene rings is 3. The fraction of sp³-hybridized carbons (Fsp3) is 0.426. The summed E-state index contributed by atoms with van der Waals surface area (Å²) in [5, 5.41) is 20.1. The van der Waals surface area contributed by atoms with Crippen LogP contribution in [0.1, 0.15) is 234 Å². The lowest BCUT2D eigenvalue weighted by Gasteiger charge is -2.47. The zero-order valence-corrected chi connectivity index (χ0v) is 77.9. The fourth-order valence-corrected chi connectivity index (χ4v) is 19.8. The van der Waals surface area contributed by atoms with Crippen LogP contribution in [-0.2, 0) is 83.6 Å². The van der Waals surface area contributed by atoms with Crippen molar-refractivity contribution in [2.75, 3.05) is 48.6 Å². The number of Topliss-reactive ketones (excluding diaryl/α,β-unsaturated/α-hetero) is 4. The maximum absolute atomic E-state index is 13.9. The third-order valence-electron chi connectivity index (χ3n) is 26.6. The highest BCUT2D eigenvalue weighted by atomic mass is 35.5. The number of ether oxygens (including phenoxy) is 1. The Morgan fingerprint density at radius 1 is 0.475 bits per heavy atom. The maximum Gasteiger partial charge on any atom is 0.416 e. The fourth-order valence-electron chi connectivity index (χ4n) is 19.4. The number of halogens is 13. The van der Waals surface area contributed by atoms with E-state index in [1.165, 1.54) is 71.4 Å².